The van der Waals surface area contributed by atoms with Crippen molar-refractivity contribution in [2.45, 2.75) is 13.1 Å². The standard InChI is InChI=1S/C11H11F3N4O4/c1-5-8(18(21)22)2-15-10(16-5)17-3-6(9(19)20)7(4-17)11(12,13)14/h2,6-7H,3-4H2,1H3,(H,19,20)/t6-,7-/m1/s1. The molecule has 0 aromatic carbocycles. The highest BCUT2D eigenvalue weighted by Gasteiger charge is 2.53. The molecule has 0 unspecified atom stereocenters. The molecule has 0 radical (unpaired) electrons. The number of halogens is 3. The lowest BCUT2D eigenvalue weighted by Crippen LogP contribution is -2.33. The molecule has 11 heteroatoms. The largest absolute Gasteiger partial charge is 0.481 e. The SMILES string of the molecule is Cc1nc(N2C[C@@H](C(F)(F)F)[C@H](C(=O)O)C2)ncc1[N+](=O)[O-]. The summed E-state index contributed by atoms with van der Waals surface area (Å²) in [5, 5.41) is 19.6. The molecule has 0 amide bonds. The van der Waals surface area contributed by atoms with Gasteiger partial charge in [0, 0.05) is 13.1 Å². The predicted molar refractivity (Wildman–Crippen MR) is 66.3 cm³/mol. The van der Waals surface area contributed by atoms with E-state index in [1.165, 1.54) is 6.92 Å². The van der Waals surface area contributed by atoms with Crippen LogP contribution in [0.25, 0.3) is 0 Å². The van der Waals surface area contributed by atoms with Gasteiger partial charge in [0.15, 0.2) is 0 Å². The van der Waals surface area contributed by atoms with Crippen LogP contribution in [0.5, 0.6) is 0 Å². The number of aromatic nitrogens is 2. The van der Waals surface area contributed by atoms with Crippen LogP contribution >= 0.6 is 0 Å². The fraction of sp³-hybridized carbons (Fsp3) is 0.545. The van der Waals surface area contributed by atoms with Gasteiger partial charge in [-0.15, -0.1) is 0 Å². The van der Waals surface area contributed by atoms with Crippen molar-refractivity contribution in [3.8, 4) is 0 Å². The summed E-state index contributed by atoms with van der Waals surface area (Å²) in [6, 6.07) is 0. The van der Waals surface area contributed by atoms with E-state index in [4.69, 9.17) is 5.11 Å². The number of carbonyl (C=O) groups is 1. The summed E-state index contributed by atoms with van der Waals surface area (Å²) in [4.78, 5) is 29.5. The molecule has 1 saturated heterocycles. The van der Waals surface area contributed by atoms with Gasteiger partial charge >= 0.3 is 17.8 Å². The van der Waals surface area contributed by atoms with E-state index >= 15 is 0 Å². The van der Waals surface area contributed by atoms with E-state index < -0.39 is 42.0 Å². The Labute approximate surface area is 121 Å². The van der Waals surface area contributed by atoms with Crippen molar-refractivity contribution in [3.63, 3.8) is 0 Å². The monoisotopic (exact) mass is 320 g/mol. The quantitative estimate of drug-likeness (QED) is 0.662. The van der Waals surface area contributed by atoms with Gasteiger partial charge < -0.3 is 10.0 Å². The van der Waals surface area contributed by atoms with E-state index in [2.05, 4.69) is 9.97 Å². The van der Waals surface area contributed by atoms with Gasteiger partial charge in [0.1, 0.15) is 11.9 Å². The van der Waals surface area contributed by atoms with E-state index in [9.17, 15) is 28.1 Å². The lowest BCUT2D eigenvalue weighted by Gasteiger charge is -2.18. The first-order chi connectivity index (χ1) is 10.1. The Morgan fingerprint density at radius 3 is 2.55 bits per heavy atom. The molecule has 1 aliphatic heterocycles. The molecule has 0 spiro atoms. The van der Waals surface area contributed by atoms with Crippen molar-refractivity contribution in [1.29, 1.82) is 0 Å². The van der Waals surface area contributed by atoms with E-state index in [1.54, 1.807) is 0 Å². The highest BCUT2D eigenvalue weighted by molar-refractivity contribution is 5.72. The zero-order valence-corrected chi connectivity index (χ0v) is 11.2. The zero-order valence-electron chi connectivity index (χ0n) is 11.2. The third-order valence-electron chi connectivity index (χ3n) is 3.48. The molecule has 0 saturated carbocycles. The maximum atomic E-state index is 12.9. The van der Waals surface area contributed by atoms with Crippen LogP contribution < -0.4 is 4.90 Å². The second-order valence-electron chi connectivity index (χ2n) is 4.90. The molecule has 1 aliphatic rings. The number of hydrogen-bond acceptors (Lipinski definition) is 6. The van der Waals surface area contributed by atoms with Gasteiger partial charge in [-0.3, -0.25) is 14.9 Å². The highest BCUT2D eigenvalue weighted by atomic mass is 19.4. The van der Waals surface area contributed by atoms with Crippen molar-refractivity contribution in [2.75, 3.05) is 18.0 Å². The first-order valence-corrected chi connectivity index (χ1v) is 6.13. The van der Waals surface area contributed by atoms with Crippen molar-refractivity contribution < 1.29 is 28.0 Å². The summed E-state index contributed by atoms with van der Waals surface area (Å²) in [6.45, 7) is 0.323. The van der Waals surface area contributed by atoms with Crippen LogP contribution in [0.15, 0.2) is 6.20 Å². The number of anilines is 1. The number of hydrogen-bond donors (Lipinski definition) is 1. The molecule has 2 rings (SSSR count). The van der Waals surface area contributed by atoms with Crippen molar-refractivity contribution in [2.24, 2.45) is 11.8 Å². The number of aryl methyl sites for hydroxylation is 1. The maximum Gasteiger partial charge on any atom is 0.394 e. The topological polar surface area (TPSA) is 109 Å². The molecule has 8 nitrogen and oxygen atoms in total. The minimum atomic E-state index is -4.66. The smallest absolute Gasteiger partial charge is 0.394 e. The first-order valence-electron chi connectivity index (χ1n) is 6.13. The minimum Gasteiger partial charge on any atom is -0.481 e. The lowest BCUT2D eigenvalue weighted by molar-refractivity contribution is -0.386. The van der Waals surface area contributed by atoms with Crippen LogP contribution in [0.4, 0.5) is 24.8 Å². The molecule has 22 heavy (non-hydrogen) atoms. The normalized spacial score (nSPS) is 21.9. The third-order valence-corrected chi connectivity index (χ3v) is 3.48. The second-order valence-corrected chi connectivity index (χ2v) is 4.90. The average Bonchev–Trinajstić information content (AvgIpc) is 2.83. The number of aliphatic carboxylic acids is 1. The Kier molecular flexibility index (Phi) is 3.90. The van der Waals surface area contributed by atoms with Crippen molar-refractivity contribution in [1.82, 2.24) is 9.97 Å². The molecule has 1 aromatic rings. The zero-order chi connectivity index (χ0) is 16.7. The van der Waals surface area contributed by atoms with Gasteiger partial charge in [0.05, 0.1) is 16.8 Å². The Hall–Kier alpha value is -2.46. The van der Waals surface area contributed by atoms with Crippen LogP contribution in [0.1, 0.15) is 5.69 Å². The molecule has 2 atom stereocenters. The number of rotatable bonds is 3. The van der Waals surface area contributed by atoms with Crippen LogP contribution in [0.2, 0.25) is 0 Å². The Morgan fingerprint density at radius 1 is 1.50 bits per heavy atom. The highest BCUT2D eigenvalue weighted by Crippen LogP contribution is 2.38. The first kappa shape index (κ1) is 15.9. The summed E-state index contributed by atoms with van der Waals surface area (Å²) in [5.74, 6) is -5.37. The minimum absolute atomic E-state index is 0.00247. The second kappa shape index (κ2) is 5.39. The van der Waals surface area contributed by atoms with Gasteiger partial charge in [0.2, 0.25) is 5.95 Å². The molecule has 1 aromatic heterocycles. The van der Waals surface area contributed by atoms with E-state index in [1.807, 2.05) is 0 Å². The van der Waals surface area contributed by atoms with Crippen LogP contribution in [-0.4, -0.2) is 45.2 Å². The third kappa shape index (κ3) is 2.92. The lowest BCUT2D eigenvalue weighted by atomic mass is 9.96. The summed E-state index contributed by atoms with van der Waals surface area (Å²) < 4.78 is 38.7. The average molecular weight is 320 g/mol. The van der Waals surface area contributed by atoms with Crippen LogP contribution in [0.3, 0.4) is 0 Å². The number of carboxylic acids is 1. The van der Waals surface area contributed by atoms with Crippen LogP contribution in [0, 0.1) is 28.9 Å². The number of alkyl halides is 3. The molecular formula is C11H11F3N4O4. The van der Waals surface area contributed by atoms with Gasteiger partial charge in [-0.05, 0) is 6.92 Å². The fourth-order valence-electron chi connectivity index (χ4n) is 2.33. The van der Waals surface area contributed by atoms with Crippen LogP contribution in [-0.2, 0) is 4.79 Å². The summed E-state index contributed by atoms with van der Waals surface area (Å²) in [7, 11) is 0. The van der Waals surface area contributed by atoms with E-state index in [-0.39, 0.29) is 17.3 Å². The van der Waals surface area contributed by atoms with Crippen molar-refractivity contribution >= 4 is 17.6 Å². The summed E-state index contributed by atoms with van der Waals surface area (Å²) in [5.41, 5.74) is -0.359. The Bertz CT molecular complexity index is 622. The molecule has 2 heterocycles. The number of nitrogens with zero attached hydrogens (tertiary/aromatic N) is 4. The summed E-state index contributed by atoms with van der Waals surface area (Å²) in [6.07, 6.45) is -3.76. The molecular weight excluding hydrogens is 309 g/mol. The van der Waals surface area contributed by atoms with Gasteiger partial charge in [-0.1, -0.05) is 0 Å². The van der Waals surface area contributed by atoms with Gasteiger partial charge in [-0.25, -0.2) is 9.97 Å². The Morgan fingerprint density at radius 2 is 2.14 bits per heavy atom. The maximum absolute atomic E-state index is 12.9. The van der Waals surface area contributed by atoms with Gasteiger partial charge in [0.25, 0.3) is 0 Å². The Balaban J connectivity index is 2.29. The predicted octanol–water partition coefficient (Wildman–Crippen LogP) is 1.39. The van der Waals surface area contributed by atoms with E-state index in [0.717, 1.165) is 11.1 Å². The molecule has 120 valence electrons. The fourth-order valence-corrected chi connectivity index (χ4v) is 2.33. The van der Waals surface area contributed by atoms with E-state index in [0.29, 0.717) is 0 Å². The van der Waals surface area contributed by atoms with Gasteiger partial charge in [-0.2, -0.15) is 13.2 Å². The molecule has 0 bridgehead atoms. The number of nitro groups is 1. The van der Waals surface area contributed by atoms with Crippen molar-refractivity contribution in [3.05, 3.63) is 22.0 Å². The molecule has 1 N–H and O–H groups in total. The molecule has 0 aliphatic carbocycles. The molecule has 1 fully saturated rings. The summed E-state index contributed by atoms with van der Waals surface area (Å²) >= 11 is 0. The number of carboxylic acid groups (broad SMARTS) is 1.